The van der Waals surface area contributed by atoms with Crippen LogP contribution in [0.4, 0.5) is 0 Å². The third-order valence-electron chi connectivity index (χ3n) is 5.33. The number of imidazole rings is 1. The Kier molecular flexibility index (Phi) is 7.12. The van der Waals surface area contributed by atoms with Gasteiger partial charge in [-0.3, -0.25) is 9.48 Å². The summed E-state index contributed by atoms with van der Waals surface area (Å²) in [5.41, 5.74) is 1.33. The number of hydrogen-bond donors (Lipinski definition) is 2. The highest BCUT2D eigenvalue weighted by Gasteiger charge is 2.23. The van der Waals surface area contributed by atoms with E-state index in [4.69, 9.17) is 4.74 Å². The Morgan fingerprint density at radius 2 is 2.07 bits per heavy atom. The zero-order valence-electron chi connectivity index (χ0n) is 17.1. The monoisotopic (exact) mass is 430 g/mol. The van der Waals surface area contributed by atoms with Crippen molar-refractivity contribution in [3.05, 3.63) is 66.0 Å². The van der Waals surface area contributed by atoms with E-state index in [0.29, 0.717) is 5.69 Å². The number of nitrogens with one attached hydrogen (secondary N) is 2. The number of aromatic nitrogens is 4. The molecule has 2 atom stereocenters. The van der Waals surface area contributed by atoms with Gasteiger partial charge in [-0.05, 0) is 43.1 Å². The van der Waals surface area contributed by atoms with E-state index >= 15 is 0 Å². The molecule has 8 nitrogen and oxygen atoms in total. The lowest BCUT2D eigenvalue weighted by molar-refractivity contribution is 0.0934. The topological polar surface area (TPSA) is 86.0 Å². The van der Waals surface area contributed by atoms with Gasteiger partial charge in [-0.25, -0.2) is 4.98 Å². The number of benzene rings is 1. The van der Waals surface area contributed by atoms with Crippen LogP contribution in [0, 0.1) is 0 Å². The third kappa shape index (κ3) is 4.66. The molecule has 0 radical (unpaired) electrons. The standard InChI is InChI=1S/C21H26N6O2.ClH/c1-26-13-11-23-20(26)19(15-5-7-17(29-2)8-6-15)24-21(28)18-9-12-27(25-18)16-4-3-10-22-14-16;/h5-9,11-13,16,19,22H,3-4,10,14H2,1-2H3,(H,24,28);1H. The quantitative estimate of drug-likeness (QED) is 0.627. The number of aryl methyl sites for hydroxylation is 1. The van der Waals surface area contributed by atoms with Crippen LogP contribution in [-0.2, 0) is 7.05 Å². The predicted octanol–water partition coefficient (Wildman–Crippen LogP) is 2.49. The summed E-state index contributed by atoms with van der Waals surface area (Å²) in [6.45, 7) is 1.92. The minimum absolute atomic E-state index is 0. The lowest BCUT2D eigenvalue weighted by Gasteiger charge is -2.23. The second-order valence-electron chi connectivity index (χ2n) is 7.26. The van der Waals surface area contributed by atoms with Crippen molar-refractivity contribution in [2.75, 3.05) is 20.2 Å². The van der Waals surface area contributed by atoms with Crippen LogP contribution < -0.4 is 15.4 Å². The fourth-order valence-electron chi connectivity index (χ4n) is 3.68. The van der Waals surface area contributed by atoms with E-state index in [0.717, 1.165) is 43.1 Å². The zero-order chi connectivity index (χ0) is 20.2. The number of piperidine rings is 1. The SMILES string of the molecule is COc1ccc(C(NC(=O)c2ccn(C3CCCNC3)n2)c2nccn2C)cc1.Cl. The molecule has 160 valence electrons. The average Bonchev–Trinajstić information content (AvgIpc) is 3.42. The first kappa shape index (κ1) is 21.9. The Labute approximate surface area is 182 Å². The molecule has 2 N–H and O–H groups in total. The number of halogens is 1. The van der Waals surface area contributed by atoms with E-state index in [1.54, 1.807) is 19.4 Å². The molecule has 2 aromatic heterocycles. The normalized spacial score (nSPS) is 17.1. The molecule has 1 fully saturated rings. The van der Waals surface area contributed by atoms with Gasteiger partial charge in [0.2, 0.25) is 0 Å². The highest BCUT2D eigenvalue weighted by Crippen LogP contribution is 2.23. The summed E-state index contributed by atoms with van der Waals surface area (Å²) in [5, 5.41) is 11.0. The van der Waals surface area contributed by atoms with Gasteiger partial charge in [-0.15, -0.1) is 12.4 Å². The molecule has 1 aliphatic rings. The Morgan fingerprint density at radius 3 is 2.70 bits per heavy atom. The van der Waals surface area contributed by atoms with Gasteiger partial charge < -0.3 is 19.9 Å². The van der Waals surface area contributed by atoms with Crippen molar-refractivity contribution >= 4 is 18.3 Å². The first-order chi connectivity index (χ1) is 14.2. The molecule has 3 heterocycles. The van der Waals surface area contributed by atoms with E-state index in [2.05, 4.69) is 20.7 Å². The molecule has 0 saturated carbocycles. The van der Waals surface area contributed by atoms with Gasteiger partial charge in [0, 0.05) is 32.2 Å². The van der Waals surface area contributed by atoms with Crippen molar-refractivity contribution in [2.24, 2.45) is 7.05 Å². The maximum absolute atomic E-state index is 13.0. The molecule has 0 spiro atoms. The highest BCUT2D eigenvalue weighted by atomic mass is 35.5. The van der Waals surface area contributed by atoms with Crippen molar-refractivity contribution in [3.8, 4) is 5.75 Å². The van der Waals surface area contributed by atoms with Crippen molar-refractivity contribution in [1.29, 1.82) is 0 Å². The molecule has 1 aromatic carbocycles. The van der Waals surface area contributed by atoms with Gasteiger partial charge in [0.15, 0.2) is 0 Å². The van der Waals surface area contributed by atoms with Crippen molar-refractivity contribution in [2.45, 2.75) is 24.9 Å². The lowest BCUT2D eigenvalue weighted by Crippen LogP contribution is -2.33. The van der Waals surface area contributed by atoms with Crippen LogP contribution >= 0.6 is 12.4 Å². The fraction of sp³-hybridized carbons (Fsp3) is 0.381. The summed E-state index contributed by atoms with van der Waals surface area (Å²) >= 11 is 0. The van der Waals surface area contributed by atoms with Crippen LogP contribution in [0.25, 0.3) is 0 Å². The van der Waals surface area contributed by atoms with E-state index in [-0.39, 0.29) is 24.4 Å². The van der Waals surface area contributed by atoms with Gasteiger partial charge in [-0.1, -0.05) is 12.1 Å². The van der Waals surface area contributed by atoms with E-state index < -0.39 is 6.04 Å². The largest absolute Gasteiger partial charge is 0.497 e. The molecular weight excluding hydrogens is 404 g/mol. The van der Waals surface area contributed by atoms with Crippen molar-refractivity contribution in [3.63, 3.8) is 0 Å². The maximum Gasteiger partial charge on any atom is 0.272 e. The van der Waals surface area contributed by atoms with Crippen LogP contribution in [-0.4, -0.2) is 45.4 Å². The molecule has 2 unspecified atom stereocenters. The van der Waals surface area contributed by atoms with Crippen molar-refractivity contribution < 1.29 is 9.53 Å². The summed E-state index contributed by atoms with van der Waals surface area (Å²) in [7, 11) is 3.54. The van der Waals surface area contributed by atoms with Crippen LogP contribution in [0.3, 0.4) is 0 Å². The molecular formula is C21H27ClN6O2. The molecule has 3 aromatic rings. The average molecular weight is 431 g/mol. The summed E-state index contributed by atoms with van der Waals surface area (Å²) in [6.07, 6.45) is 7.66. The van der Waals surface area contributed by atoms with Gasteiger partial charge >= 0.3 is 0 Å². The number of carbonyl (C=O) groups is 1. The lowest BCUT2D eigenvalue weighted by atomic mass is 10.1. The Morgan fingerprint density at radius 1 is 1.27 bits per heavy atom. The van der Waals surface area contributed by atoms with Gasteiger partial charge in [0.05, 0.1) is 13.2 Å². The van der Waals surface area contributed by atoms with Crippen molar-refractivity contribution in [1.82, 2.24) is 30.0 Å². The smallest absolute Gasteiger partial charge is 0.272 e. The van der Waals surface area contributed by atoms with Crippen LogP contribution in [0.15, 0.2) is 48.9 Å². The number of methoxy groups -OCH3 is 1. The summed E-state index contributed by atoms with van der Waals surface area (Å²) < 4.78 is 9.05. The highest BCUT2D eigenvalue weighted by molar-refractivity contribution is 5.92. The Hall–Kier alpha value is -2.84. The molecule has 0 aliphatic carbocycles. The minimum atomic E-state index is -0.394. The summed E-state index contributed by atoms with van der Waals surface area (Å²) in [4.78, 5) is 17.4. The number of hydrogen-bond acceptors (Lipinski definition) is 5. The number of ether oxygens (including phenoxy) is 1. The minimum Gasteiger partial charge on any atom is -0.497 e. The van der Waals surface area contributed by atoms with Gasteiger partial charge in [-0.2, -0.15) is 5.10 Å². The molecule has 0 bridgehead atoms. The number of rotatable bonds is 6. The second kappa shape index (κ2) is 9.77. The van der Waals surface area contributed by atoms with Crippen LogP contribution in [0.5, 0.6) is 5.75 Å². The first-order valence-corrected chi connectivity index (χ1v) is 9.83. The Balaban J connectivity index is 0.00000256. The molecule has 1 saturated heterocycles. The zero-order valence-corrected chi connectivity index (χ0v) is 17.9. The summed E-state index contributed by atoms with van der Waals surface area (Å²) in [6, 6.07) is 9.29. The third-order valence-corrected chi connectivity index (χ3v) is 5.33. The predicted molar refractivity (Wildman–Crippen MR) is 116 cm³/mol. The summed E-state index contributed by atoms with van der Waals surface area (Å²) in [5.74, 6) is 1.29. The van der Waals surface area contributed by atoms with E-state index in [9.17, 15) is 4.79 Å². The number of nitrogens with zero attached hydrogens (tertiary/aromatic N) is 4. The first-order valence-electron chi connectivity index (χ1n) is 9.83. The molecule has 1 amide bonds. The molecule has 9 heteroatoms. The molecule has 30 heavy (non-hydrogen) atoms. The van der Waals surface area contributed by atoms with Crippen LogP contribution in [0.1, 0.15) is 46.8 Å². The number of amides is 1. The molecule has 4 rings (SSSR count). The Bertz CT molecular complexity index is 962. The fourth-order valence-corrected chi connectivity index (χ4v) is 3.68. The van der Waals surface area contributed by atoms with E-state index in [1.165, 1.54) is 0 Å². The van der Waals surface area contributed by atoms with Gasteiger partial charge in [0.1, 0.15) is 23.3 Å². The van der Waals surface area contributed by atoms with Crippen LogP contribution in [0.2, 0.25) is 0 Å². The van der Waals surface area contributed by atoms with Gasteiger partial charge in [0.25, 0.3) is 5.91 Å². The van der Waals surface area contributed by atoms with E-state index in [1.807, 2.05) is 53.0 Å². The second-order valence-corrected chi connectivity index (χ2v) is 7.26. The molecule has 1 aliphatic heterocycles. The number of carbonyl (C=O) groups excluding carboxylic acids is 1. The maximum atomic E-state index is 13.0.